The van der Waals surface area contributed by atoms with Crippen LogP contribution in [-0.4, -0.2) is 73.0 Å². The number of hydrogen-bond donors (Lipinski definition) is 1. The van der Waals surface area contributed by atoms with E-state index in [1.165, 1.54) is 19.1 Å². The number of piperazine rings is 1. The van der Waals surface area contributed by atoms with E-state index in [2.05, 4.69) is 27.1 Å². The van der Waals surface area contributed by atoms with Crippen LogP contribution in [0.5, 0.6) is 0 Å². The first kappa shape index (κ1) is 18.6. The standard InChI is InChI=1S/C18H27N5O3/c1-14(24)19-17-13-16(23(25)26)3-4-18(17)22-7-5-15(6-8-22)21-11-9-20(2)10-12-21/h3-4,13,15H,5-12H2,1-2H3,(H,19,24). The summed E-state index contributed by atoms with van der Waals surface area (Å²) in [5.74, 6) is -0.223. The zero-order valence-corrected chi connectivity index (χ0v) is 15.5. The van der Waals surface area contributed by atoms with E-state index >= 15 is 0 Å². The fraction of sp³-hybridized carbons (Fsp3) is 0.611. The van der Waals surface area contributed by atoms with Crippen molar-refractivity contribution in [3.63, 3.8) is 0 Å². The third kappa shape index (κ3) is 4.31. The number of amides is 1. The van der Waals surface area contributed by atoms with Gasteiger partial charge in [0.2, 0.25) is 5.91 Å². The number of nitrogens with zero attached hydrogens (tertiary/aromatic N) is 4. The van der Waals surface area contributed by atoms with Crippen LogP contribution in [0.15, 0.2) is 18.2 Å². The molecule has 0 radical (unpaired) electrons. The maximum absolute atomic E-state index is 11.5. The SMILES string of the molecule is CC(=O)Nc1cc([N+](=O)[O-])ccc1N1CCC(N2CCN(C)CC2)CC1. The maximum atomic E-state index is 11.5. The van der Waals surface area contributed by atoms with Crippen LogP contribution in [0.1, 0.15) is 19.8 Å². The van der Waals surface area contributed by atoms with Crippen molar-refractivity contribution in [2.75, 3.05) is 56.5 Å². The normalized spacial score (nSPS) is 20.2. The summed E-state index contributed by atoms with van der Waals surface area (Å²) in [7, 11) is 2.16. The summed E-state index contributed by atoms with van der Waals surface area (Å²) in [6.45, 7) is 7.68. The van der Waals surface area contributed by atoms with Gasteiger partial charge in [-0.3, -0.25) is 19.8 Å². The zero-order chi connectivity index (χ0) is 18.7. The van der Waals surface area contributed by atoms with E-state index in [9.17, 15) is 14.9 Å². The maximum Gasteiger partial charge on any atom is 0.271 e. The molecule has 0 unspecified atom stereocenters. The van der Waals surface area contributed by atoms with Crippen molar-refractivity contribution < 1.29 is 9.72 Å². The number of anilines is 2. The number of carbonyl (C=O) groups is 1. The molecule has 1 aromatic carbocycles. The lowest BCUT2D eigenvalue weighted by Gasteiger charge is -2.42. The van der Waals surface area contributed by atoms with Gasteiger partial charge in [-0.1, -0.05) is 0 Å². The minimum atomic E-state index is -0.436. The van der Waals surface area contributed by atoms with Crippen LogP contribution in [0.25, 0.3) is 0 Å². The topological polar surface area (TPSA) is 82.0 Å². The number of likely N-dealkylation sites (N-methyl/N-ethyl adjacent to an activating group) is 1. The van der Waals surface area contributed by atoms with Crippen molar-refractivity contribution in [2.45, 2.75) is 25.8 Å². The fourth-order valence-electron chi connectivity index (χ4n) is 3.86. The Bertz CT molecular complexity index is 665. The predicted molar refractivity (Wildman–Crippen MR) is 102 cm³/mol. The second-order valence-electron chi connectivity index (χ2n) is 7.20. The lowest BCUT2D eigenvalue weighted by atomic mass is 10.0. The molecule has 0 saturated carbocycles. The van der Waals surface area contributed by atoms with Crippen molar-refractivity contribution in [2.24, 2.45) is 0 Å². The average molecular weight is 361 g/mol. The van der Waals surface area contributed by atoms with Crippen LogP contribution >= 0.6 is 0 Å². The smallest absolute Gasteiger partial charge is 0.271 e. The first-order valence-corrected chi connectivity index (χ1v) is 9.17. The number of non-ortho nitro benzene ring substituents is 1. The molecular formula is C18H27N5O3. The Hall–Kier alpha value is -2.19. The van der Waals surface area contributed by atoms with Crippen molar-refractivity contribution in [1.29, 1.82) is 0 Å². The molecule has 0 bridgehead atoms. The van der Waals surface area contributed by atoms with Crippen molar-refractivity contribution >= 4 is 23.0 Å². The van der Waals surface area contributed by atoms with Gasteiger partial charge in [0.1, 0.15) is 0 Å². The van der Waals surface area contributed by atoms with Crippen molar-refractivity contribution in [1.82, 2.24) is 9.80 Å². The van der Waals surface area contributed by atoms with Crippen LogP contribution in [0.4, 0.5) is 17.1 Å². The minimum absolute atomic E-state index is 0.00942. The Morgan fingerprint density at radius 3 is 2.38 bits per heavy atom. The largest absolute Gasteiger partial charge is 0.370 e. The molecule has 0 spiro atoms. The number of rotatable bonds is 4. The quantitative estimate of drug-likeness (QED) is 0.650. The third-order valence-electron chi connectivity index (χ3n) is 5.36. The second kappa shape index (κ2) is 8.01. The Morgan fingerprint density at radius 1 is 1.15 bits per heavy atom. The van der Waals surface area contributed by atoms with E-state index in [4.69, 9.17) is 0 Å². The molecule has 2 aliphatic rings. The fourth-order valence-corrected chi connectivity index (χ4v) is 3.86. The van der Waals surface area contributed by atoms with Crippen LogP contribution < -0.4 is 10.2 Å². The van der Waals surface area contributed by atoms with Gasteiger partial charge in [0.05, 0.1) is 16.3 Å². The summed E-state index contributed by atoms with van der Waals surface area (Å²) in [6.07, 6.45) is 2.14. The molecule has 142 valence electrons. The van der Waals surface area contributed by atoms with Gasteiger partial charge in [0.25, 0.3) is 5.69 Å². The van der Waals surface area contributed by atoms with E-state index < -0.39 is 4.92 Å². The summed E-state index contributed by atoms with van der Waals surface area (Å²) in [6, 6.07) is 5.30. The first-order valence-electron chi connectivity index (χ1n) is 9.17. The first-order chi connectivity index (χ1) is 12.4. The Labute approximate surface area is 153 Å². The molecule has 2 fully saturated rings. The highest BCUT2D eigenvalue weighted by Crippen LogP contribution is 2.32. The van der Waals surface area contributed by atoms with Crippen LogP contribution in [0.3, 0.4) is 0 Å². The molecule has 2 saturated heterocycles. The van der Waals surface area contributed by atoms with E-state index in [1.807, 2.05) is 0 Å². The molecule has 0 aromatic heterocycles. The Kier molecular flexibility index (Phi) is 5.73. The van der Waals surface area contributed by atoms with Gasteiger partial charge in [0.15, 0.2) is 0 Å². The summed E-state index contributed by atoms with van der Waals surface area (Å²) in [4.78, 5) is 29.3. The van der Waals surface area contributed by atoms with E-state index in [-0.39, 0.29) is 11.6 Å². The third-order valence-corrected chi connectivity index (χ3v) is 5.36. The van der Waals surface area contributed by atoms with Gasteiger partial charge in [0, 0.05) is 64.4 Å². The number of nitro groups is 1. The molecule has 2 heterocycles. The highest BCUT2D eigenvalue weighted by Gasteiger charge is 2.28. The van der Waals surface area contributed by atoms with Crippen LogP contribution in [0.2, 0.25) is 0 Å². The van der Waals surface area contributed by atoms with Crippen molar-refractivity contribution in [3.8, 4) is 0 Å². The molecule has 8 nitrogen and oxygen atoms in total. The number of benzene rings is 1. The number of carbonyl (C=O) groups excluding carboxylic acids is 1. The minimum Gasteiger partial charge on any atom is -0.370 e. The lowest BCUT2D eigenvalue weighted by Crippen LogP contribution is -2.52. The van der Waals surface area contributed by atoms with Gasteiger partial charge < -0.3 is 15.1 Å². The van der Waals surface area contributed by atoms with Crippen molar-refractivity contribution in [3.05, 3.63) is 28.3 Å². The molecule has 8 heteroatoms. The molecule has 1 N–H and O–H groups in total. The van der Waals surface area contributed by atoms with E-state index in [0.717, 1.165) is 57.8 Å². The molecule has 1 amide bonds. The Balaban J connectivity index is 1.68. The molecule has 0 atom stereocenters. The summed E-state index contributed by atoms with van der Waals surface area (Å²) < 4.78 is 0. The molecule has 26 heavy (non-hydrogen) atoms. The van der Waals surface area contributed by atoms with E-state index in [0.29, 0.717) is 11.7 Å². The molecule has 0 aliphatic carbocycles. The molecule has 2 aliphatic heterocycles. The second-order valence-corrected chi connectivity index (χ2v) is 7.20. The summed E-state index contributed by atoms with van der Waals surface area (Å²) in [5.41, 5.74) is 1.37. The zero-order valence-electron chi connectivity index (χ0n) is 15.5. The summed E-state index contributed by atoms with van der Waals surface area (Å²) in [5, 5.41) is 13.8. The highest BCUT2D eigenvalue weighted by molar-refractivity contribution is 5.93. The van der Waals surface area contributed by atoms with Gasteiger partial charge in [-0.2, -0.15) is 0 Å². The predicted octanol–water partition coefficient (Wildman–Crippen LogP) is 1.77. The average Bonchev–Trinajstić information content (AvgIpc) is 2.62. The highest BCUT2D eigenvalue weighted by atomic mass is 16.6. The van der Waals surface area contributed by atoms with Gasteiger partial charge >= 0.3 is 0 Å². The number of piperidine rings is 1. The Morgan fingerprint density at radius 2 is 1.81 bits per heavy atom. The lowest BCUT2D eigenvalue weighted by molar-refractivity contribution is -0.384. The van der Waals surface area contributed by atoms with Crippen LogP contribution in [0, 0.1) is 10.1 Å². The monoisotopic (exact) mass is 361 g/mol. The number of nitrogens with one attached hydrogen (secondary N) is 1. The molecular weight excluding hydrogens is 334 g/mol. The van der Waals surface area contributed by atoms with Crippen LogP contribution in [-0.2, 0) is 4.79 Å². The number of nitro benzene ring substituents is 1. The van der Waals surface area contributed by atoms with Gasteiger partial charge in [-0.05, 0) is 26.0 Å². The van der Waals surface area contributed by atoms with Gasteiger partial charge in [-0.25, -0.2) is 0 Å². The van der Waals surface area contributed by atoms with E-state index in [1.54, 1.807) is 6.07 Å². The molecule has 3 rings (SSSR count). The summed E-state index contributed by atoms with van der Waals surface area (Å²) >= 11 is 0. The number of hydrogen-bond acceptors (Lipinski definition) is 6. The van der Waals surface area contributed by atoms with Gasteiger partial charge in [-0.15, -0.1) is 0 Å². The molecule has 1 aromatic rings.